The summed E-state index contributed by atoms with van der Waals surface area (Å²) in [6.45, 7) is 1.88. The number of fused-ring (bicyclic) bond motifs is 1. The van der Waals surface area contributed by atoms with E-state index in [1.165, 1.54) is 6.07 Å². The zero-order chi connectivity index (χ0) is 11.8. The van der Waals surface area contributed by atoms with E-state index in [0.29, 0.717) is 17.1 Å². The summed E-state index contributed by atoms with van der Waals surface area (Å²) in [5, 5.41) is 3.37. The van der Waals surface area contributed by atoms with E-state index in [1.54, 1.807) is 0 Å². The highest BCUT2D eigenvalue weighted by molar-refractivity contribution is 6.31. The second kappa shape index (κ2) is 4.35. The predicted octanol–water partition coefficient (Wildman–Crippen LogP) is 2.67. The van der Waals surface area contributed by atoms with Crippen LogP contribution in [0.4, 0.5) is 4.39 Å². The molecule has 5 heteroatoms. The van der Waals surface area contributed by atoms with E-state index in [0.717, 1.165) is 25.9 Å². The van der Waals surface area contributed by atoms with Gasteiger partial charge in [-0.2, -0.15) is 0 Å². The van der Waals surface area contributed by atoms with Crippen molar-refractivity contribution in [3.63, 3.8) is 0 Å². The molecule has 3 nitrogen and oxygen atoms in total. The molecule has 0 saturated carbocycles. The number of halogens is 2. The van der Waals surface area contributed by atoms with Gasteiger partial charge in [0, 0.05) is 24.1 Å². The van der Waals surface area contributed by atoms with Gasteiger partial charge in [0.2, 0.25) is 6.79 Å². The molecule has 0 aromatic heterocycles. The van der Waals surface area contributed by atoms with Crippen LogP contribution in [0.5, 0.6) is 11.5 Å². The highest BCUT2D eigenvalue weighted by Crippen LogP contribution is 2.45. The van der Waals surface area contributed by atoms with E-state index in [1.807, 2.05) is 0 Å². The van der Waals surface area contributed by atoms with Crippen LogP contribution in [-0.2, 0) is 0 Å². The van der Waals surface area contributed by atoms with Crippen LogP contribution in [0.2, 0.25) is 5.02 Å². The van der Waals surface area contributed by atoms with Gasteiger partial charge in [-0.15, -0.1) is 0 Å². The van der Waals surface area contributed by atoms with Gasteiger partial charge in [0.1, 0.15) is 5.82 Å². The number of ether oxygens (including phenoxy) is 2. The first-order valence-corrected chi connectivity index (χ1v) is 6.13. The third-order valence-electron chi connectivity index (χ3n) is 3.30. The van der Waals surface area contributed by atoms with E-state index < -0.39 is 0 Å². The molecule has 17 heavy (non-hydrogen) atoms. The van der Waals surface area contributed by atoms with Gasteiger partial charge in [0.25, 0.3) is 0 Å². The first-order valence-electron chi connectivity index (χ1n) is 5.75. The second-order valence-electron chi connectivity index (χ2n) is 4.36. The van der Waals surface area contributed by atoms with Gasteiger partial charge in [-0.3, -0.25) is 0 Å². The quantitative estimate of drug-likeness (QED) is 0.839. The molecule has 1 N–H and O–H groups in total. The molecule has 1 atom stereocenters. The van der Waals surface area contributed by atoms with Crippen molar-refractivity contribution in [3.8, 4) is 11.5 Å². The monoisotopic (exact) mass is 257 g/mol. The standard InChI is InChI=1S/C12H13ClFNO2/c13-8-4-9-12(17-6-16-9)10(11(8)14)7-2-1-3-15-5-7/h4,7,15H,1-3,5-6H2. The van der Waals surface area contributed by atoms with Crippen LogP contribution in [0.25, 0.3) is 0 Å². The highest BCUT2D eigenvalue weighted by Gasteiger charge is 2.30. The lowest BCUT2D eigenvalue weighted by Crippen LogP contribution is -2.29. The fraction of sp³-hybridized carbons (Fsp3) is 0.500. The SMILES string of the molecule is Fc1c(Cl)cc2c(c1C1CCCNC1)OCO2. The first-order chi connectivity index (χ1) is 8.27. The summed E-state index contributed by atoms with van der Waals surface area (Å²) in [6, 6.07) is 1.49. The Kier molecular flexibility index (Phi) is 2.84. The maximum Gasteiger partial charge on any atom is 0.231 e. The lowest BCUT2D eigenvalue weighted by Gasteiger charge is -2.24. The van der Waals surface area contributed by atoms with Gasteiger partial charge in [0.15, 0.2) is 11.5 Å². The molecule has 92 valence electrons. The first kappa shape index (κ1) is 11.1. The molecule has 0 aliphatic carbocycles. The van der Waals surface area contributed by atoms with Crippen molar-refractivity contribution in [2.75, 3.05) is 19.9 Å². The third-order valence-corrected chi connectivity index (χ3v) is 3.57. The molecular weight excluding hydrogens is 245 g/mol. The number of rotatable bonds is 1. The van der Waals surface area contributed by atoms with Gasteiger partial charge < -0.3 is 14.8 Å². The fourth-order valence-corrected chi connectivity index (χ4v) is 2.68. The molecule has 3 rings (SSSR count). The van der Waals surface area contributed by atoms with Crippen LogP contribution in [0.1, 0.15) is 24.3 Å². The summed E-state index contributed by atoms with van der Waals surface area (Å²) < 4.78 is 24.8. The van der Waals surface area contributed by atoms with Gasteiger partial charge in [-0.05, 0) is 19.4 Å². The van der Waals surface area contributed by atoms with Crippen molar-refractivity contribution >= 4 is 11.6 Å². The largest absolute Gasteiger partial charge is 0.454 e. The summed E-state index contributed by atoms with van der Waals surface area (Å²) in [5.74, 6) is 0.820. The smallest absolute Gasteiger partial charge is 0.231 e. The minimum absolute atomic E-state index is 0.106. The topological polar surface area (TPSA) is 30.5 Å². The van der Waals surface area contributed by atoms with Crippen molar-refractivity contribution in [1.82, 2.24) is 5.32 Å². The van der Waals surface area contributed by atoms with Gasteiger partial charge in [0.05, 0.1) is 5.02 Å². The zero-order valence-electron chi connectivity index (χ0n) is 9.26. The van der Waals surface area contributed by atoms with E-state index in [4.69, 9.17) is 21.1 Å². The molecule has 1 saturated heterocycles. The lowest BCUT2D eigenvalue weighted by molar-refractivity contribution is 0.172. The van der Waals surface area contributed by atoms with Crippen LogP contribution in [0.3, 0.4) is 0 Å². The normalized spacial score (nSPS) is 22.8. The number of piperidine rings is 1. The average Bonchev–Trinajstić information content (AvgIpc) is 2.79. The van der Waals surface area contributed by atoms with Crippen molar-refractivity contribution in [1.29, 1.82) is 0 Å². The van der Waals surface area contributed by atoms with E-state index in [2.05, 4.69) is 5.32 Å². The molecule has 2 aliphatic heterocycles. The fourth-order valence-electron chi connectivity index (χ4n) is 2.48. The molecule has 0 radical (unpaired) electrons. The molecule has 1 aromatic carbocycles. The number of nitrogens with one attached hydrogen (secondary N) is 1. The third kappa shape index (κ3) is 1.85. The van der Waals surface area contributed by atoms with E-state index >= 15 is 0 Å². The highest BCUT2D eigenvalue weighted by atomic mass is 35.5. The summed E-state index contributed by atoms with van der Waals surface area (Å²) in [6.07, 6.45) is 1.98. The number of hydrogen-bond donors (Lipinski definition) is 1. The summed E-state index contributed by atoms with van der Waals surface area (Å²) in [5.41, 5.74) is 0.567. The van der Waals surface area contributed by atoms with Crippen LogP contribution >= 0.6 is 11.6 Å². The lowest BCUT2D eigenvalue weighted by atomic mass is 9.90. The van der Waals surface area contributed by atoms with Crippen molar-refractivity contribution in [3.05, 3.63) is 22.5 Å². The Hall–Kier alpha value is -1.00. The predicted molar refractivity (Wildman–Crippen MR) is 62.4 cm³/mol. The number of benzene rings is 1. The average molecular weight is 258 g/mol. The van der Waals surface area contributed by atoms with Crippen molar-refractivity contribution < 1.29 is 13.9 Å². The molecule has 0 amide bonds. The zero-order valence-corrected chi connectivity index (χ0v) is 10.0. The minimum Gasteiger partial charge on any atom is -0.454 e. The minimum atomic E-state index is -0.371. The molecule has 0 spiro atoms. The molecular formula is C12H13ClFNO2. The van der Waals surface area contributed by atoms with Crippen LogP contribution < -0.4 is 14.8 Å². The van der Waals surface area contributed by atoms with Crippen LogP contribution in [-0.4, -0.2) is 19.9 Å². The van der Waals surface area contributed by atoms with Gasteiger partial charge in [-0.1, -0.05) is 11.6 Å². The van der Waals surface area contributed by atoms with E-state index in [9.17, 15) is 4.39 Å². The van der Waals surface area contributed by atoms with E-state index in [-0.39, 0.29) is 23.6 Å². The molecule has 1 unspecified atom stereocenters. The maximum absolute atomic E-state index is 14.1. The van der Waals surface area contributed by atoms with Gasteiger partial charge >= 0.3 is 0 Å². The molecule has 2 heterocycles. The Balaban J connectivity index is 2.07. The van der Waals surface area contributed by atoms with Crippen LogP contribution in [0, 0.1) is 5.82 Å². The summed E-state index contributed by atoms with van der Waals surface area (Å²) >= 11 is 5.89. The van der Waals surface area contributed by atoms with Crippen LogP contribution in [0.15, 0.2) is 6.07 Å². The van der Waals surface area contributed by atoms with Crippen molar-refractivity contribution in [2.24, 2.45) is 0 Å². The Morgan fingerprint density at radius 2 is 2.29 bits per heavy atom. The molecule has 0 bridgehead atoms. The summed E-state index contributed by atoms with van der Waals surface area (Å²) in [7, 11) is 0. The molecule has 1 fully saturated rings. The number of hydrogen-bond acceptors (Lipinski definition) is 3. The van der Waals surface area contributed by atoms with Crippen molar-refractivity contribution in [2.45, 2.75) is 18.8 Å². The second-order valence-corrected chi connectivity index (χ2v) is 4.77. The molecule has 2 aliphatic rings. The summed E-state index contributed by atoms with van der Waals surface area (Å²) in [4.78, 5) is 0. The Labute approximate surface area is 104 Å². The maximum atomic E-state index is 14.1. The Bertz CT molecular complexity index is 447. The van der Waals surface area contributed by atoms with Gasteiger partial charge in [-0.25, -0.2) is 4.39 Å². The Morgan fingerprint density at radius 3 is 3.06 bits per heavy atom. The molecule has 1 aromatic rings. The Morgan fingerprint density at radius 1 is 1.41 bits per heavy atom.